The van der Waals surface area contributed by atoms with Gasteiger partial charge in [0, 0.05) is 37.6 Å². The number of nitrogens with one attached hydrogen (secondary N) is 2. The van der Waals surface area contributed by atoms with Gasteiger partial charge in [-0.2, -0.15) is 0 Å². The van der Waals surface area contributed by atoms with Gasteiger partial charge in [0.05, 0.1) is 41.4 Å². The quantitative estimate of drug-likeness (QED) is 0.434. The van der Waals surface area contributed by atoms with E-state index in [2.05, 4.69) is 35.5 Å². The summed E-state index contributed by atoms with van der Waals surface area (Å²) in [6.07, 6.45) is 14.3. The van der Waals surface area contributed by atoms with Crippen molar-refractivity contribution in [2.75, 3.05) is 23.7 Å². The third kappa shape index (κ3) is 4.53. The average molecular weight is 474 g/mol. The molecule has 1 aliphatic heterocycles. The van der Waals surface area contributed by atoms with Gasteiger partial charge in [-0.25, -0.2) is 29.3 Å². The number of pyridine rings is 1. The van der Waals surface area contributed by atoms with Gasteiger partial charge in [-0.15, -0.1) is 0 Å². The van der Waals surface area contributed by atoms with Crippen LogP contribution in [0.5, 0.6) is 0 Å². The third-order valence-corrected chi connectivity index (χ3v) is 6.98. The lowest BCUT2D eigenvalue weighted by molar-refractivity contribution is 0.0130. The van der Waals surface area contributed by atoms with Gasteiger partial charge >= 0.3 is 0 Å². The van der Waals surface area contributed by atoms with E-state index in [1.165, 1.54) is 6.33 Å². The number of aromatic nitrogens is 6. The van der Waals surface area contributed by atoms with Crippen LogP contribution in [0, 0.1) is 6.92 Å². The molecule has 0 spiro atoms. The molecular formula is C25H28FN9. The zero-order valence-electron chi connectivity index (χ0n) is 19.6. The molecule has 35 heavy (non-hydrogen) atoms. The first-order valence-electron chi connectivity index (χ1n) is 12.1. The molecule has 180 valence electrons. The Morgan fingerprint density at radius 2 is 1.74 bits per heavy atom. The Morgan fingerprint density at radius 3 is 2.51 bits per heavy atom. The number of imidazole rings is 1. The van der Waals surface area contributed by atoms with Crippen LogP contribution in [0.4, 0.5) is 21.7 Å². The third-order valence-electron chi connectivity index (χ3n) is 6.98. The van der Waals surface area contributed by atoms with Gasteiger partial charge in [-0.1, -0.05) is 0 Å². The molecule has 2 aliphatic rings. The number of rotatable bonds is 6. The van der Waals surface area contributed by atoms with Crippen molar-refractivity contribution in [2.24, 2.45) is 0 Å². The molecule has 1 saturated heterocycles. The number of aryl methyl sites for hydroxylation is 1. The number of fused-ring (bicyclic) bond motifs is 1. The van der Waals surface area contributed by atoms with Gasteiger partial charge < -0.3 is 10.6 Å². The molecule has 5 heterocycles. The lowest BCUT2D eigenvalue weighted by Crippen LogP contribution is -2.54. The number of hydrogen-bond acceptors (Lipinski definition) is 8. The SMILES string of the molecule is Cc1cnc(NC2CCC(N3CC(F)C3)CC2)nc1-c1cnc2ccc(Nc3cncnc3)cn12. The maximum atomic E-state index is 13.2. The van der Waals surface area contributed by atoms with Crippen LogP contribution in [0.3, 0.4) is 0 Å². The monoisotopic (exact) mass is 473 g/mol. The lowest BCUT2D eigenvalue weighted by Gasteiger charge is -2.43. The van der Waals surface area contributed by atoms with Crippen molar-refractivity contribution in [2.45, 2.75) is 50.9 Å². The summed E-state index contributed by atoms with van der Waals surface area (Å²) in [6.45, 7) is 3.21. The van der Waals surface area contributed by atoms with Gasteiger partial charge in [0.15, 0.2) is 0 Å². The second kappa shape index (κ2) is 9.18. The van der Waals surface area contributed by atoms with Gasteiger partial charge in [0.25, 0.3) is 0 Å². The highest BCUT2D eigenvalue weighted by Crippen LogP contribution is 2.30. The van der Waals surface area contributed by atoms with Crippen LogP contribution >= 0.6 is 0 Å². The molecule has 6 rings (SSSR count). The molecule has 10 heteroatoms. The van der Waals surface area contributed by atoms with Crippen molar-refractivity contribution >= 4 is 23.0 Å². The van der Waals surface area contributed by atoms with E-state index in [4.69, 9.17) is 4.98 Å². The smallest absolute Gasteiger partial charge is 0.223 e. The summed E-state index contributed by atoms with van der Waals surface area (Å²) in [6, 6.07) is 4.78. The molecule has 0 atom stereocenters. The normalized spacial score (nSPS) is 21.1. The second-order valence-corrected chi connectivity index (χ2v) is 9.47. The molecule has 1 aliphatic carbocycles. The number of anilines is 3. The van der Waals surface area contributed by atoms with Crippen LogP contribution in [0.15, 0.2) is 49.4 Å². The summed E-state index contributed by atoms with van der Waals surface area (Å²) >= 11 is 0. The minimum absolute atomic E-state index is 0.329. The highest BCUT2D eigenvalue weighted by molar-refractivity contribution is 5.67. The van der Waals surface area contributed by atoms with Crippen molar-refractivity contribution in [1.29, 1.82) is 0 Å². The molecule has 0 unspecified atom stereocenters. The molecule has 2 fully saturated rings. The second-order valence-electron chi connectivity index (χ2n) is 9.47. The van der Waals surface area contributed by atoms with Crippen molar-refractivity contribution in [1.82, 2.24) is 34.2 Å². The maximum absolute atomic E-state index is 13.2. The van der Waals surface area contributed by atoms with Crippen molar-refractivity contribution in [3.8, 4) is 11.4 Å². The summed E-state index contributed by atoms with van der Waals surface area (Å²) in [7, 11) is 0. The number of halogens is 1. The Kier molecular flexibility index (Phi) is 5.73. The Balaban J connectivity index is 1.20. The van der Waals surface area contributed by atoms with E-state index in [1.54, 1.807) is 12.4 Å². The molecule has 9 nitrogen and oxygen atoms in total. The molecule has 0 amide bonds. The van der Waals surface area contributed by atoms with E-state index < -0.39 is 6.17 Å². The van der Waals surface area contributed by atoms with E-state index >= 15 is 0 Å². The first kappa shape index (κ1) is 21.8. The van der Waals surface area contributed by atoms with E-state index in [1.807, 2.05) is 42.0 Å². The van der Waals surface area contributed by atoms with Gasteiger partial charge in [0.1, 0.15) is 18.1 Å². The first-order chi connectivity index (χ1) is 17.1. The summed E-state index contributed by atoms with van der Waals surface area (Å²) in [5, 5.41) is 6.86. The minimum Gasteiger partial charge on any atom is -0.352 e. The first-order valence-corrected chi connectivity index (χ1v) is 12.1. The topological polar surface area (TPSA) is 96.2 Å². The molecule has 0 aromatic carbocycles. The number of alkyl halides is 1. The average Bonchev–Trinajstić information content (AvgIpc) is 3.28. The number of hydrogen-bond donors (Lipinski definition) is 2. The molecule has 1 saturated carbocycles. The van der Waals surface area contributed by atoms with Gasteiger partial charge in [-0.05, 0) is 50.3 Å². The molecule has 0 radical (unpaired) electrons. The van der Waals surface area contributed by atoms with Crippen molar-refractivity contribution < 1.29 is 4.39 Å². The zero-order valence-corrected chi connectivity index (χ0v) is 19.6. The van der Waals surface area contributed by atoms with E-state index in [-0.39, 0.29) is 0 Å². The van der Waals surface area contributed by atoms with Crippen LogP contribution < -0.4 is 10.6 Å². The van der Waals surface area contributed by atoms with E-state index in [0.717, 1.165) is 59.7 Å². The fourth-order valence-electron chi connectivity index (χ4n) is 5.05. The van der Waals surface area contributed by atoms with Crippen molar-refractivity contribution in [3.05, 3.63) is 55.0 Å². The van der Waals surface area contributed by atoms with Gasteiger partial charge in [0.2, 0.25) is 5.95 Å². The molecular weight excluding hydrogens is 445 g/mol. The predicted octanol–water partition coefficient (Wildman–Crippen LogP) is 4.01. The largest absolute Gasteiger partial charge is 0.352 e. The van der Waals surface area contributed by atoms with E-state index in [9.17, 15) is 4.39 Å². The van der Waals surface area contributed by atoms with Crippen LogP contribution in [-0.4, -0.2) is 65.6 Å². The van der Waals surface area contributed by atoms with Gasteiger partial charge in [-0.3, -0.25) is 9.30 Å². The molecule has 2 N–H and O–H groups in total. The predicted molar refractivity (Wildman–Crippen MR) is 132 cm³/mol. The fourth-order valence-corrected chi connectivity index (χ4v) is 5.05. The molecule has 0 bridgehead atoms. The van der Waals surface area contributed by atoms with Crippen LogP contribution in [0.1, 0.15) is 31.2 Å². The van der Waals surface area contributed by atoms with E-state index in [0.29, 0.717) is 31.1 Å². The standard InChI is InChI=1S/C25H28FN9/c1-16-8-30-25(32-18-2-5-21(6-3-18)34-12-17(26)13-34)33-24(16)22-11-29-23-7-4-19(14-35(22)23)31-20-9-27-15-28-10-20/h4,7-11,14-15,17-18,21,31H,2-3,5-6,12-13H2,1H3,(H,30,32,33). The minimum atomic E-state index is -0.635. The fraction of sp³-hybridized carbons (Fsp3) is 0.400. The Morgan fingerprint density at radius 1 is 0.943 bits per heavy atom. The van der Waals surface area contributed by atoms with Crippen LogP contribution in [0.2, 0.25) is 0 Å². The summed E-state index contributed by atoms with van der Waals surface area (Å²) in [5.41, 5.74) is 5.27. The Hall–Kier alpha value is -3.66. The lowest BCUT2D eigenvalue weighted by atomic mass is 9.88. The van der Waals surface area contributed by atoms with Crippen molar-refractivity contribution in [3.63, 3.8) is 0 Å². The number of likely N-dealkylation sites (tertiary alicyclic amines) is 1. The zero-order chi connectivity index (χ0) is 23.8. The van der Waals surface area contributed by atoms with Crippen LogP contribution in [-0.2, 0) is 0 Å². The van der Waals surface area contributed by atoms with Crippen LogP contribution in [0.25, 0.3) is 17.0 Å². The number of nitrogens with zero attached hydrogens (tertiary/aromatic N) is 7. The highest BCUT2D eigenvalue weighted by atomic mass is 19.1. The molecule has 4 aromatic rings. The Bertz CT molecular complexity index is 1310. The summed E-state index contributed by atoms with van der Waals surface area (Å²) in [5.74, 6) is 0.632. The maximum Gasteiger partial charge on any atom is 0.223 e. The summed E-state index contributed by atoms with van der Waals surface area (Å²) in [4.78, 5) is 24.4. The highest BCUT2D eigenvalue weighted by Gasteiger charge is 2.34. The summed E-state index contributed by atoms with van der Waals surface area (Å²) < 4.78 is 15.2. The molecule has 4 aromatic heterocycles. The Labute approximate surface area is 202 Å².